The third-order valence-corrected chi connectivity index (χ3v) is 4.96. The predicted molar refractivity (Wildman–Crippen MR) is 90.1 cm³/mol. The van der Waals surface area contributed by atoms with Gasteiger partial charge in [-0.15, -0.1) is 4.09 Å². The summed E-state index contributed by atoms with van der Waals surface area (Å²) in [5.41, 5.74) is 0.145. The van der Waals surface area contributed by atoms with Crippen LogP contribution >= 0.6 is 0 Å². The van der Waals surface area contributed by atoms with Crippen LogP contribution in [0.15, 0.2) is 36.4 Å². The van der Waals surface area contributed by atoms with E-state index in [0.29, 0.717) is 15.5 Å². The van der Waals surface area contributed by atoms with Crippen molar-refractivity contribution in [1.82, 2.24) is 18.6 Å². The SMILES string of the molecule is CON(C)C(=O)c1cc(COc2ccccc2)nn1S(=O)(=O)N(C)C. The minimum atomic E-state index is -3.98. The molecule has 1 aromatic heterocycles. The van der Waals surface area contributed by atoms with Crippen molar-refractivity contribution in [2.24, 2.45) is 0 Å². The lowest BCUT2D eigenvalue weighted by Gasteiger charge is -2.16. The molecule has 2 aromatic rings. The second-order valence-corrected chi connectivity index (χ2v) is 7.21. The third kappa shape index (κ3) is 4.16. The van der Waals surface area contributed by atoms with Gasteiger partial charge >= 0.3 is 10.2 Å². The number of rotatable bonds is 7. The molecule has 0 radical (unpaired) electrons. The van der Waals surface area contributed by atoms with Gasteiger partial charge in [0.1, 0.15) is 23.7 Å². The fraction of sp³-hybridized carbons (Fsp3) is 0.333. The number of carbonyl (C=O) groups excluding carboxylic acids is 1. The molecule has 1 heterocycles. The van der Waals surface area contributed by atoms with Gasteiger partial charge in [-0.25, -0.2) is 5.06 Å². The van der Waals surface area contributed by atoms with Gasteiger partial charge in [0, 0.05) is 21.1 Å². The summed E-state index contributed by atoms with van der Waals surface area (Å²) < 4.78 is 32.1. The molecular formula is C15H20N4O5S. The number of hydroxylamine groups is 2. The number of aromatic nitrogens is 2. The highest BCUT2D eigenvalue weighted by molar-refractivity contribution is 7.87. The molecule has 0 N–H and O–H groups in total. The highest BCUT2D eigenvalue weighted by Gasteiger charge is 2.28. The minimum absolute atomic E-state index is 0.0109. The first-order valence-electron chi connectivity index (χ1n) is 7.29. The van der Waals surface area contributed by atoms with Gasteiger partial charge in [0.05, 0.1) is 7.11 Å². The Morgan fingerprint density at radius 3 is 2.40 bits per heavy atom. The predicted octanol–water partition coefficient (Wildman–Crippen LogP) is 0.750. The van der Waals surface area contributed by atoms with Crippen LogP contribution in [0.1, 0.15) is 16.2 Å². The maximum Gasteiger partial charge on any atom is 0.323 e. The number of carbonyl (C=O) groups is 1. The molecule has 0 aliphatic carbocycles. The van der Waals surface area contributed by atoms with Gasteiger partial charge in [-0.05, 0) is 18.2 Å². The number of amides is 1. The summed E-state index contributed by atoms with van der Waals surface area (Å²) >= 11 is 0. The van der Waals surface area contributed by atoms with E-state index in [9.17, 15) is 13.2 Å². The van der Waals surface area contributed by atoms with Gasteiger partial charge in [0.2, 0.25) is 0 Å². The molecule has 0 unspecified atom stereocenters. The lowest BCUT2D eigenvalue weighted by atomic mass is 10.3. The van der Waals surface area contributed by atoms with E-state index in [-0.39, 0.29) is 12.3 Å². The van der Waals surface area contributed by atoms with Crippen LogP contribution < -0.4 is 4.74 Å². The second kappa shape index (κ2) is 7.64. The molecule has 9 nitrogen and oxygen atoms in total. The molecular weight excluding hydrogens is 348 g/mol. The molecule has 0 aliphatic heterocycles. The summed E-state index contributed by atoms with van der Waals surface area (Å²) in [6, 6.07) is 10.4. The molecule has 25 heavy (non-hydrogen) atoms. The Labute approximate surface area is 146 Å². The standard InChI is InChI=1S/C15H20N4O5S/c1-17(2)25(21,22)19-14(15(20)18(3)23-4)10-12(16-19)11-24-13-8-6-5-7-9-13/h5-10H,11H2,1-4H3. The highest BCUT2D eigenvalue weighted by Crippen LogP contribution is 2.15. The van der Waals surface area contributed by atoms with Gasteiger partial charge < -0.3 is 4.74 Å². The lowest BCUT2D eigenvalue weighted by Crippen LogP contribution is -2.35. The van der Waals surface area contributed by atoms with Gasteiger partial charge in [0.15, 0.2) is 0 Å². The van der Waals surface area contributed by atoms with Crippen molar-refractivity contribution in [3.05, 3.63) is 47.8 Å². The highest BCUT2D eigenvalue weighted by atomic mass is 32.2. The smallest absolute Gasteiger partial charge is 0.323 e. The van der Waals surface area contributed by atoms with Crippen molar-refractivity contribution in [3.8, 4) is 5.75 Å². The van der Waals surface area contributed by atoms with E-state index in [2.05, 4.69) is 5.10 Å². The first-order chi connectivity index (χ1) is 11.8. The number of benzene rings is 1. The summed E-state index contributed by atoms with van der Waals surface area (Å²) in [4.78, 5) is 17.2. The number of hydrogen-bond acceptors (Lipinski definition) is 6. The molecule has 0 aliphatic rings. The molecule has 0 bridgehead atoms. The third-order valence-electron chi connectivity index (χ3n) is 3.32. The van der Waals surface area contributed by atoms with Gasteiger partial charge in [0.25, 0.3) is 5.91 Å². The Bertz CT molecular complexity index is 833. The maximum atomic E-state index is 12.4. The van der Waals surface area contributed by atoms with Crippen molar-refractivity contribution in [2.75, 3.05) is 28.3 Å². The zero-order chi connectivity index (χ0) is 18.6. The van der Waals surface area contributed by atoms with Crippen LogP contribution in [0.2, 0.25) is 0 Å². The molecule has 0 fully saturated rings. The zero-order valence-electron chi connectivity index (χ0n) is 14.4. The summed E-state index contributed by atoms with van der Waals surface area (Å²) in [7, 11) is 1.41. The monoisotopic (exact) mass is 368 g/mol. The molecule has 0 spiro atoms. The van der Waals surface area contributed by atoms with E-state index in [1.807, 2.05) is 18.2 Å². The van der Waals surface area contributed by atoms with Crippen molar-refractivity contribution in [1.29, 1.82) is 0 Å². The summed E-state index contributed by atoms with van der Waals surface area (Å²) in [6.07, 6.45) is 0. The van der Waals surface area contributed by atoms with Gasteiger partial charge in [-0.1, -0.05) is 18.2 Å². The fourth-order valence-corrected chi connectivity index (χ4v) is 2.77. The molecule has 1 amide bonds. The van der Waals surface area contributed by atoms with Crippen LogP contribution in [0.4, 0.5) is 0 Å². The van der Waals surface area contributed by atoms with Crippen LogP contribution in [0, 0.1) is 0 Å². The molecule has 0 saturated carbocycles. The van der Waals surface area contributed by atoms with E-state index >= 15 is 0 Å². The number of ether oxygens (including phenoxy) is 1. The summed E-state index contributed by atoms with van der Waals surface area (Å²) in [5.74, 6) is -0.0409. The first kappa shape index (κ1) is 18.9. The average molecular weight is 368 g/mol. The average Bonchev–Trinajstić information content (AvgIpc) is 3.04. The zero-order valence-corrected chi connectivity index (χ0v) is 15.2. The van der Waals surface area contributed by atoms with Crippen LogP contribution in [0.25, 0.3) is 0 Å². The number of nitrogens with zero attached hydrogens (tertiary/aromatic N) is 4. The van der Waals surface area contributed by atoms with Crippen LogP contribution in [0.5, 0.6) is 5.75 Å². The van der Waals surface area contributed by atoms with Gasteiger partial charge in [-0.2, -0.15) is 17.8 Å². The molecule has 10 heteroatoms. The molecule has 136 valence electrons. The molecule has 0 atom stereocenters. The first-order valence-corrected chi connectivity index (χ1v) is 8.69. The summed E-state index contributed by atoms with van der Waals surface area (Å²) in [5, 5.41) is 4.93. The normalized spacial score (nSPS) is 11.6. The van der Waals surface area contributed by atoms with Crippen LogP contribution in [-0.4, -0.2) is 61.1 Å². The van der Waals surface area contributed by atoms with Crippen molar-refractivity contribution >= 4 is 16.1 Å². The minimum Gasteiger partial charge on any atom is -0.487 e. The lowest BCUT2D eigenvalue weighted by molar-refractivity contribution is -0.0761. The molecule has 2 rings (SSSR count). The Morgan fingerprint density at radius 1 is 1.20 bits per heavy atom. The van der Waals surface area contributed by atoms with E-state index in [4.69, 9.17) is 9.57 Å². The number of para-hydroxylation sites is 1. The van der Waals surface area contributed by atoms with Crippen molar-refractivity contribution in [3.63, 3.8) is 0 Å². The summed E-state index contributed by atoms with van der Waals surface area (Å²) in [6.45, 7) is 0.0109. The number of hydrogen-bond donors (Lipinski definition) is 0. The van der Waals surface area contributed by atoms with E-state index < -0.39 is 16.1 Å². The van der Waals surface area contributed by atoms with Crippen LogP contribution in [-0.2, 0) is 21.7 Å². The Balaban J connectivity index is 2.37. The van der Waals surface area contributed by atoms with E-state index in [0.717, 1.165) is 9.37 Å². The van der Waals surface area contributed by atoms with E-state index in [1.54, 1.807) is 12.1 Å². The van der Waals surface area contributed by atoms with Gasteiger partial charge in [-0.3, -0.25) is 9.63 Å². The van der Waals surface area contributed by atoms with E-state index in [1.165, 1.54) is 34.3 Å². The van der Waals surface area contributed by atoms with Crippen LogP contribution in [0.3, 0.4) is 0 Å². The topological polar surface area (TPSA) is 94.0 Å². The largest absolute Gasteiger partial charge is 0.487 e. The Kier molecular flexibility index (Phi) is 5.77. The quantitative estimate of drug-likeness (QED) is 0.670. The maximum absolute atomic E-state index is 12.4. The Morgan fingerprint density at radius 2 is 1.84 bits per heavy atom. The Hall–Kier alpha value is -2.43. The molecule has 1 aromatic carbocycles. The molecule has 0 saturated heterocycles. The second-order valence-electron chi connectivity index (χ2n) is 5.24. The van der Waals surface area contributed by atoms with Crippen molar-refractivity contribution < 1.29 is 22.8 Å². The fourth-order valence-electron chi connectivity index (χ4n) is 1.88. The van der Waals surface area contributed by atoms with Crippen molar-refractivity contribution in [2.45, 2.75) is 6.61 Å².